The normalized spacial score (nSPS) is 17.3. The molecule has 1 saturated carbocycles. The molecule has 182 valence electrons. The molecular weight excluding hydrogens is 450 g/mol. The summed E-state index contributed by atoms with van der Waals surface area (Å²) < 4.78 is 15.9. The Labute approximate surface area is 203 Å². The van der Waals surface area contributed by atoms with Crippen molar-refractivity contribution in [2.75, 3.05) is 18.6 Å². The largest absolute Gasteiger partial charge is 0.484 e. The quantitative estimate of drug-likeness (QED) is 0.523. The first-order valence-corrected chi connectivity index (χ1v) is 11.3. The van der Waals surface area contributed by atoms with Crippen LogP contribution in [0.25, 0.3) is 11.1 Å². The number of primary amides is 1. The van der Waals surface area contributed by atoms with Crippen molar-refractivity contribution in [2.24, 2.45) is 5.73 Å². The van der Waals surface area contributed by atoms with E-state index in [0.29, 0.717) is 37.3 Å². The lowest BCUT2D eigenvalue weighted by molar-refractivity contribution is -0.121. The Morgan fingerprint density at radius 2 is 1.63 bits per heavy atom. The zero-order valence-corrected chi connectivity index (χ0v) is 19.4. The summed E-state index contributed by atoms with van der Waals surface area (Å²) in [6, 6.07) is 13.0. The van der Waals surface area contributed by atoms with Crippen molar-refractivity contribution in [3.8, 4) is 22.9 Å². The summed E-state index contributed by atoms with van der Waals surface area (Å²) in [4.78, 5) is 38.9. The molecule has 2 aromatic heterocycles. The Bertz CT molecular complexity index is 1120. The van der Waals surface area contributed by atoms with Gasteiger partial charge in [-0.2, -0.15) is 0 Å². The van der Waals surface area contributed by atoms with Crippen LogP contribution < -0.4 is 20.1 Å². The lowest BCUT2D eigenvalue weighted by atomic mass is 9.91. The van der Waals surface area contributed by atoms with Gasteiger partial charge in [0.25, 0.3) is 5.91 Å². The molecule has 0 unspecified atom stereocenters. The highest BCUT2D eigenvalue weighted by molar-refractivity contribution is 5.94. The van der Waals surface area contributed by atoms with Gasteiger partial charge in [-0.15, -0.1) is 0 Å². The third kappa shape index (κ3) is 6.23. The van der Waals surface area contributed by atoms with E-state index >= 15 is 0 Å². The molecule has 2 heterocycles. The van der Waals surface area contributed by atoms with Crippen LogP contribution in [0.1, 0.15) is 25.7 Å². The Morgan fingerprint density at radius 3 is 2.23 bits per heavy atom. The highest BCUT2D eigenvalue weighted by Crippen LogP contribution is 2.29. The Kier molecular flexibility index (Phi) is 7.71. The van der Waals surface area contributed by atoms with E-state index in [1.807, 2.05) is 24.3 Å². The minimum absolute atomic E-state index is 0.114. The second-order valence-corrected chi connectivity index (χ2v) is 8.10. The molecule has 0 bridgehead atoms. The standard InChI is InChI=1S/C25H27N5O5/c1-33-25-28-14-18(15-29-25)17-7-12-22(27-13-17)30(19-8-10-21(11-9-19)35-24(26)32)23(31)16-34-20-5-3-2-4-6-20/h2-7,12-15,19,21H,8-11,16H2,1H3,(H2,26,32). The number of carbonyl (C=O) groups is 2. The topological polar surface area (TPSA) is 130 Å². The predicted molar refractivity (Wildman–Crippen MR) is 128 cm³/mol. The first kappa shape index (κ1) is 23.9. The van der Waals surface area contributed by atoms with E-state index in [2.05, 4.69) is 15.0 Å². The van der Waals surface area contributed by atoms with Crippen molar-refractivity contribution >= 4 is 17.8 Å². The Hall–Kier alpha value is -4.21. The smallest absolute Gasteiger partial charge is 0.404 e. The molecule has 4 rings (SSSR count). The molecule has 35 heavy (non-hydrogen) atoms. The van der Waals surface area contributed by atoms with Crippen molar-refractivity contribution in [1.82, 2.24) is 15.0 Å². The van der Waals surface area contributed by atoms with E-state index in [9.17, 15) is 9.59 Å². The number of hydrogen-bond acceptors (Lipinski definition) is 8. The van der Waals surface area contributed by atoms with Gasteiger partial charge in [-0.25, -0.2) is 19.7 Å². The molecule has 1 fully saturated rings. The van der Waals surface area contributed by atoms with Crippen LogP contribution in [0.4, 0.5) is 10.6 Å². The van der Waals surface area contributed by atoms with Crippen molar-refractivity contribution in [3.05, 3.63) is 61.1 Å². The molecule has 1 aromatic carbocycles. The minimum atomic E-state index is -0.780. The van der Waals surface area contributed by atoms with Crippen molar-refractivity contribution in [3.63, 3.8) is 0 Å². The van der Waals surface area contributed by atoms with Crippen LogP contribution in [0.5, 0.6) is 11.8 Å². The van der Waals surface area contributed by atoms with Gasteiger partial charge in [-0.05, 0) is 49.9 Å². The Morgan fingerprint density at radius 1 is 0.943 bits per heavy atom. The van der Waals surface area contributed by atoms with Gasteiger partial charge in [0.1, 0.15) is 17.7 Å². The number of rotatable bonds is 8. The number of carbonyl (C=O) groups excluding carboxylic acids is 2. The van der Waals surface area contributed by atoms with Crippen molar-refractivity contribution in [1.29, 1.82) is 0 Å². The maximum Gasteiger partial charge on any atom is 0.404 e. The molecule has 0 saturated heterocycles. The van der Waals surface area contributed by atoms with Crippen LogP contribution in [0.3, 0.4) is 0 Å². The maximum absolute atomic E-state index is 13.3. The van der Waals surface area contributed by atoms with Gasteiger partial charge in [-0.3, -0.25) is 9.69 Å². The molecule has 1 aliphatic carbocycles. The van der Waals surface area contributed by atoms with Gasteiger partial charge in [0, 0.05) is 35.8 Å². The molecule has 0 aliphatic heterocycles. The molecule has 2 amide bonds. The third-order valence-electron chi connectivity index (χ3n) is 5.80. The summed E-state index contributed by atoms with van der Waals surface area (Å²) in [5, 5.41) is 0. The third-order valence-corrected chi connectivity index (χ3v) is 5.80. The maximum atomic E-state index is 13.3. The summed E-state index contributed by atoms with van der Waals surface area (Å²) in [6.07, 6.45) is 6.47. The van der Waals surface area contributed by atoms with Crippen LogP contribution >= 0.6 is 0 Å². The SMILES string of the molecule is COc1ncc(-c2ccc(N(C(=O)COc3ccccc3)C3CCC(OC(N)=O)CC3)nc2)cn1. The van der Waals surface area contributed by atoms with Crippen LogP contribution in [0.15, 0.2) is 61.1 Å². The fourth-order valence-electron chi connectivity index (χ4n) is 4.11. The average molecular weight is 478 g/mol. The molecule has 10 heteroatoms. The average Bonchev–Trinajstić information content (AvgIpc) is 2.89. The Balaban J connectivity index is 1.52. The van der Waals surface area contributed by atoms with Crippen molar-refractivity contribution in [2.45, 2.75) is 37.8 Å². The van der Waals surface area contributed by atoms with E-state index in [1.165, 1.54) is 7.11 Å². The second-order valence-electron chi connectivity index (χ2n) is 8.10. The molecule has 0 atom stereocenters. The first-order chi connectivity index (χ1) is 17.0. The molecule has 3 aromatic rings. The highest BCUT2D eigenvalue weighted by atomic mass is 16.6. The van der Waals surface area contributed by atoms with E-state index < -0.39 is 6.09 Å². The van der Waals surface area contributed by atoms with Crippen LogP contribution in [0, 0.1) is 0 Å². The van der Waals surface area contributed by atoms with Crippen LogP contribution in [0.2, 0.25) is 0 Å². The van der Waals surface area contributed by atoms with Gasteiger partial charge in [0.15, 0.2) is 6.61 Å². The number of nitrogens with two attached hydrogens (primary N) is 1. The van der Waals surface area contributed by atoms with E-state index in [-0.39, 0.29) is 30.7 Å². The number of aromatic nitrogens is 3. The van der Waals surface area contributed by atoms with E-state index in [1.54, 1.807) is 41.7 Å². The number of anilines is 1. The van der Waals surface area contributed by atoms with Gasteiger partial charge in [0.05, 0.1) is 7.11 Å². The summed E-state index contributed by atoms with van der Waals surface area (Å²) in [6.45, 7) is -0.128. The number of hydrogen-bond donors (Lipinski definition) is 1. The fourth-order valence-corrected chi connectivity index (χ4v) is 4.11. The predicted octanol–water partition coefficient (Wildman–Crippen LogP) is 3.37. The van der Waals surface area contributed by atoms with Gasteiger partial charge in [-0.1, -0.05) is 18.2 Å². The second kappa shape index (κ2) is 11.3. The summed E-state index contributed by atoms with van der Waals surface area (Å²) in [5.41, 5.74) is 6.75. The number of para-hydroxylation sites is 1. The molecule has 10 nitrogen and oxygen atoms in total. The number of methoxy groups -OCH3 is 1. The van der Waals surface area contributed by atoms with Crippen molar-refractivity contribution < 1.29 is 23.8 Å². The summed E-state index contributed by atoms with van der Waals surface area (Å²) >= 11 is 0. The first-order valence-electron chi connectivity index (χ1n) is 11.3. The monoisotopic (exact) mass is 477 g/mol. The number of nitrogens with zero attached hydrogens (tertiary/aromatic N) is 4. The number of ether oxygens (including phenoxy) is 3. The lowest BCUT2D eigenvalue weighted by Gasteiger charge is -2.36. The number of benzene rings is 1. The highest BCUT2D eigenvalue weighted by Gasteiger charge is 2.32. The summed E-state index contributed by atoms with van der Waals surface area (Å²) in [5.74, 6) is 0.924. The number of amides is 2. The molecule has 1 aliphatic rings. The zero-order chi connectivity index (χ0) is 24.6. The van der Waals surface area contributed by atoms with E-state index in [0.717, 1.165) is 11.1 Å². The molecule has 2 N–H and O–H groups in total. The molecular formula is C25H27N5O5. The van der Waals surface area contributed by atoms with Crippen LogP contribution in [-0.4, -0.2) is 52.8 Å². The fraction of sp³-hybridized carbons (Fsp3) is 0.320. The minimum Gasteiger partial charge on any atom is -0.484 e. The zero-order valence-electron chi connectivity index (χ0n) is 19.4. The van der Waals surface area contributed by atoms with Gasteiger partial charge >= 0.3 is 12.1 Å². The van der Waals surface area contributed by atoms with Gasteiger partial charge in [0.2, 0.25) is 0 Å². The van der Waals surface area contributed by atoms with Crippen LogP contribution in [-0.2, 0) is 9.53 Å². The van der Waals surface area contributed by atoms with Gasteiger partial charge < -0.3 is 19.9 Å². The molecule has 0 spiro atoms. The summed E-state index contributed by atoms with van der Waals surface area (Å²) in [7, 11) is 1.51. The number of pyridine rings is 1. The molecule has 0 radical (unpaired) electrons. The van der Waals surface area contributed by atoms with E-state index in [4.69, 9.17) is 19.9 Å². The lowest BCUT2D eigenvalue weighted by Crippen LogP contribution is -2.46.